The van der Waals surface area contributed by atoms with Crippen LogP contribution in [0.4, 0.5) is 0 Å². The smallest absolute Gasteiger partial charge is 0.234 e. The Hall–Kier alpha value is -0.610. The molecule has 0 heterocycles. The molecule has 0 aromatic rings. The summed E-state index contributed by atoms with van der Waals surface area (Å²) in [5, 5.41) is 6.19. The molecule has 2 aliphatic rings. The van der Waals surface area contributed by atoms with E-state index in [2.05, 4.69) is 22.5 Å². The lowest BCUT2D eigenvalue weighted by Crippen LogP contribution is -2.39. The molecule has 92 valence electrons. The van der Waals surface area contributed by atoms with E-state index in [0.717, 1.165) is 38.5 Å². The van der Waals surface area contributed by atoms with Crippen molar-refractivity contribution in [3.63, 3.8) is 0 Å². The van der Waals surface area contributed by atoms with Gasteiger partial charge in [0, 0.05) is 25.2 Å². The standard InChI is InChI=1S/C12H23N3O/c1-2-15(11-5-6-11)8-7-13-9-12(16)14-10-3-4-10/h10-11,13H,2-9H2,1H3,(H,14,16). The number of hydrogen-bond donors (Lipinski definition) is 2. The van der Waals surface area contributed by atoms with Crippen LogP contribution in [-0.2, 0) is 4.79 Å². The van der Waals surface area contributed by atoms with Crippen LogP contribution < -0.4 is 10.6 Å². The second kappa shape index (κ2) is 5.64. The molecule has 2 rings (SSSR count). The molecule has 2 saturated carbocycles. The molecule has 4 nitrogen and oxygen atoms in total. The lowest BCUT2D eigenvalue weighted by atomic mass is 10.4. The van der Waals surface area contributed by atoms with Crippen molar-refractivity contribution in [3.05, 3.63) is 0 Å². The Kier molecular flexibility index (Phi) is 4.18. The van der Waals surface area contributed by atoms with Crippen LogP contribution in [0.2, 0.25) is 0 Å². The van der Waals surface area contributed by atoms with Gasteiger partial charge in [-0.2, -0.15) is 0 Å². The van der Waals surface area contributed by atoms with Gasteiger partial charge in [0.15, 0.2) is 0 Å². The Morgan fingerprint density at radius 1 is 1.31 bits per heavy atom. The van der Waals surface area contributed by atoms with E-state index in [1.807, 2.05) is 0 Å². The first kappa shape index (κ1) is 11.9. The molecule has 16 heavy (non-hydrogen) atoms. The molecule has 0 radical (unpaired) electrons. The highest BCUT2D eigenvalue weighted by Crippen LogP contribution is 2.25. The number of rotatable bonds is 8. The monoisotopic (exact) mass is 225 g/mol. The van der Waals surface area contributed by atoms with E-state index < -0.39 is 0 Å². The van der Waals surface area contributed by atoms with Crippen LogP contribution >= 0.6 is 0 Å². The van der Waals surface area contributed by atoms with Gasteiger partial charge in [-0.25, -0.2) is 0 Å². The molecule has 2 N–H and O–H groups in total. The predicted molar refractivity (Wildman–Crippen MR) is 64.3 cm³/mol. The molecule has 0 bridgehead atoms. The normalized spacial score (nSPS) is 20.1. The zero-order chi connectivity index (χ0) is 11.4. The van der Waals surface area contributed by atoms with Crippen molar-refractivity contribution in [2.45, 2.75) is 44.7 Å². The molecule has 2 fully saturated rings. The average Bonchev–Trinajstić information content (AvgIpc) is 3.11. The summed E-state index contributed by atoms with van der Waals surface area (Å²) >= 11 is 0. The Labute approximate surface area is 97.8 Å². The summed E-state index contributed by atoms with van der Waals surface area (Å²) in [6.07, 6.45) is 5.04. The third-order valence-electron chi connectivity index (χ3n) is 3.27. The van der Waals surface area contributed by atoms with Crippen LogP contribution in [0.15, 0.2) is 0 Å². The van der Waals surface area contributed by atoms with E-state index in [0.29, 0.717) is 12.6 Å². The third-order valence-corrected chi connectivity index (χ3v) is 3.27. The third kappa shape index (κ3) is 4.10. The van der Waals surface area contributed by atoms with Gasteiger partial charge in [-0.3, -0.25) is 9.69 Å². The number of carbonyl (C=O) groups excluding carboxylic acids is 1. The van der Waals surface area contributed by atoms with Gasteiger partial charge < -0.3 is 10.6 Å². The fourth-order valence-corrected chi connectivity index (χ4v) is 1.97. The predicted octanol–water partition coefficient (Wildman–Crippen LogP) is 0.339. The number of likely N-dealkylation sites (N-methyl/N-ethyl adjacent to an activating group) is 1. The SMILES string of the molecule is CCN(CCNCC(=O)NC1CC1)C1CC1. The average molecular weight is 225 g/mol. The number of hydrogen-bond acceptors (Lipinski definition) is 3. The van der Waals surface area contributed by atoms with Crippen molar-refractivity contribution < 1.29 is 4.79 Å². The number of carbonyl (C=O) groups is 1. The molecular weight excluding hydrogens is 202 g/mol. The summed E-state index contributed by atoms with van der Waals surface area (Å²) < 4.78 is 0. The van der Waals surface area contributed by atoms with Gasteiger partial charge in [-0.1, -0.05) is 6.92 Å². The van der Waals surface area contributed by atoms with Gasteiger partial charge in [0.2, 0.25) is 5.91 Å². The highest BCUT2D eigenvalue weighted by atomic mass is 16.2. The number of amides is 1. The molecule has 0 aliphatic heterocycles. The van der Waals surface area contributed by atoms with Crippen LogP contribution in [-0.4, -0.2) is 49.1 Å². The summed E-state index contributed by atoms with van der Waals surface area (Å²) in [5.41, 5.74) is 0. The van der Waals surface area contributed by atoms with E-state index in [1.54, 1.807) is 0 Å². The summed E-state index contributed by atoms with van der Waals surface area (Å²) in [4.78, 5) is 13.9. The molecule has 0 saturated heterocycles. The van der Waals surface area contributed by atoms with Gasteiger partial charge in [-0.15, -0.1) is 0 Å². The van der Waals surface area contributed by atoms with E-state index in [-0.39, 0.29) is 5.91 Å². The van der Waals surface area contributed by atoms with E-state index in [4.69, 9.17) is 0 Å². The largest absolute Gasteiger partial charge is 0.352 e. The Balaban J connectivity index is 1.48. The summed E-state index contributed by atoms with van der Waals surface area (Å²) in [6, 6.07) is 1.31. The minimum Gasteiger partial charge on any atom is -0.352 e. The Bertz CT molecular complexity index is 236. The zero-order valence-electron chi connectivity index (χ0n) is 10.2. The summed E-state index contributed by atoms with van der Waals surface area (Å²) in [7, 11) is 0. The van der Waals surface area contributed by atoms with Crippen molar-refractivity contribution in [2.75, 3.05) is 26.2 Å². The molecule has 2 aliphatic carbocycles. The van der Waals surface area contributed by atoms with Gasteiger partial charge >= 0.3 is 0 Å². The van der Waals surface area contributed by atoms with Gasteiger partial charge in [0.05, 0.1) is 6.54 Å². The fraction of sp³-hybridized carbons (Fsp3) is 0.917. The Morgan fingerprint density at radius 3 is 2.62 bits per heavy atom. The topological polar surface area (TPSA) is 44.4 Å². The first-order valence-electron chi connectivity index (χ1n) is 6.53. The molecule has 4 heteroatoms. The van der Waals surface area contributed by atoms with E-state index >= 15 is 0 Å². The summed E-state index contributed by atoms with van der Waals surface area (Å²) in [5.74, 6) is 0.150. The van der Waals surface area contributed by atoms with Crippen LogP contribution in [0.1, 0.15) is 32.6 Å². The maximum absolute atomic E-state index is 11.4. The fourth-order valence-electron chi connectivity index (χ4n) is 1.97. The maximum Gasteiger partial charge on any atom is 0.234 e. The highest BCUT2D eigenvalue weighted by molar-refractivity contribution is 5.78. The first-order chi connectivity index (χ1) is 7.79. The van der Waals surface area contributed by atoms with Crippen molar-refractivity contribution in [1.82, 2.24) is 15.5 Å². The molecular formula is C12H23N3O. The van der Waals surface area contributed by atoms with E-state index in [1.165, 1.54) is 12.8 Å². The zero-order valence-corrected chi connectivity index (χ0v) is 10.2. The molecule has 0 aromatic heterocycles. The van der Waals surface area contributed by atoms with Crippen LogP contribution in [0.5, 0.6) is 0 Å². The van der Waals surface area contributed by atoms with E-state index in [9.17, 15) is 4.79 Å². The molecule has 0 aromatic carbocycles. The first-order valence-corrected chi connectivity index (χ1v) is 6.53. The number of nitrogens with one attached hydrogen (secondary N) is 2. The number of nitrogens with zero attached hydrogens (tertiary/aromatic N) is 1. The molecule has 0 atom stereocenters. The van der Waals surface area contributed by atoms with Crippen LogP contribution in [0, 0.1) is 0 Å². The van der Waals surface area contributed by atoms with Gasteiger partial charge in [0.25, 0.3) is 0 Å². The van der Waals surface area contributed by atoms with Crippen molar-refractivity contribution in [2.24, 2.45) is 0 Å². The second-order valence-electron chi connectivity index (χ2n) is 4.88. The summed E-state index contributed by atoms with van der Waals surface area (Å²) in [6.45, 7) is 5.79. The Morgan fingerprint density at radius 2 is 2.06 bits per heavy atom. The molecule has 1 amide bonds. The minimum atomic E-state index is 0.150. The van der Waals surface area contributed by atoms with Crippen molar-refractivity contribution in [1.29, 1.82) is 0 Å². The molecule has 0 unspecified atom stereocenters. The highest BCUT2D eigenvalue weighted by Gasteiger charge is 2.27. The minimum absolute atomic E-state index is 0.150. The van der Waals surface area contributed by atoms with Crippen molar-refractivity contribution >= 4 is 5.91 Å². The van der Waals surface area contributed by atoms with Crippen LogP contribution in [0.25, 0.3) is 0 Å². The maximum atomic E-state index is 11.4. The lowest BCUT2D eigenvalue weighted by molar-refractivity contribution is -0.120. The lowest BCUT2D eigenvalue weighted by Gasteiger charge is -2.19. The van der Waals surface area contributed by atoms with Crippen molar-refractivity contribution in [3.8, 4) is 0 Å². The quantitative estimate of drug-likeness (QED) is 0.586. The van der Waals surface area contributed by atoms with Gasteiger partial charge in [-0.05, 0) is 32.2 Å². The molecule has 0 spiro atoms. The second-order valence-corrected chi connectivity index (χ2v) is 4.88. The van der Waals surface area contributed by atoms with Crippen LogP contribution in [0.3, 0.4) is 0 Å². The van der Waals surface area contributed by atoms with Gasteiger partial charge in [0.1, 0.15) is 0 Å².